The van der Waals surface area contributed by atoms with E-state index in [9.17, 15) is 9.90 Å². The third kappa shape index (κ3) is 2.20. The Balaban J connectivity index is 1.68. The van der Waals surface area contributed by atoms with E-state index in [0.717, 1.165) is 37.0 Å². The SMILES string of the molecule is C[C@@H]1CC2=CC(=O)CC[C@@H]2[C@H]2CC[C@@]3(C)[C@H](C[C@H](C)[C@H]3CO)[C@@H]21. The van der Waals surface area contributed by atoms with Crippen molar-refractivity contribution in [3.8, 4) is 0 Å². The Hall–Kier alpha value is -0.630. The molecule has 1 N–H and O–H groups in total. The summed E-state index contributed by atoms with van der Waals surface area (Å²) in [4.78, 5) is 11.8. The van der Waals surface area contributed by atoms with Gasteiger partial charge in [-0.1, -0.05) is 26.3 Å². The number of allylic oxidation sites excluding steroid dienone is 1. The van der Waals surface area contributed by atoms with Gasteiger partial charge < -0.3 is 5.11 Å². The second-order valence-corrected chi connectivity index (χ2v) is 9.41. The predicted molar refractivity (Wildman–Crippen MR) is 91.8 cm³/mol. The van der Waals surface area contributed by atoms with Gasteiger partial charge in [0.25, 0.3) is 0 Å². The van der Waals surface area contributed by atoms with Crippen molar-refractivity contribution in [2.75, 3.05) is 6.61 Å². The highest BCUT2D eigenvalue weighted by atomic mass is 16.3. The molecule has 0 aromatic carbocycles. The molecular weight excluding hydrogens is 284 g/mol. The van der Waals surface area contributed by atoms with Gasteiger partial charge in [-0.3, -0.25) is 4.79 Å². The van der Waals surface area contributed by atoms with E-state index in [4.69, 9.17) is 0 Å². The zero-order valence-corrected chi connectivity index (χ0v) is 14.9. The molecule has 3 saturated carbocycles. The van der Waals surface area contributed by atoms with Crippen LogP contribution in [0.3, 0.4) is 0 Å². The largest absolute Gasteiger partial charge is 0.396 e. The van der Waals surface area contributed by atoms with E-state index in [2.05, 4.69) is 20.8 Å². The third-order valence-electron chi connectivity index (χ3n) is 8.43. The molecule has 0 radical (unpaired) electrons. The monoisotopic (exact) mass is 316 g/mol. The van der Waals surface area contributed by atoms with E-state index in [1.807, 2.05) is 6.08 Å². The maximum absolute atomic E-state index is 11.8. The molecule has 0 aromatic rings. The summed E-state index contributed by atoms with van der Waals surface area (Å²) in [6.45, 7) is 7.62. The van der Waals surface area contributed by atoms with Gasteiger partial charge in [0, 0.05) is 13.0 Å². The zero-order chi connectivity index (χ0) is 16.4. The van der Waals surface area contributed by atoms with E-state index < -0.39 is 0 Å². The van der Waals surface area contributed by atoms with Crippen LogP contribution >= 0.6 is 0 Å². The highest BCUT2D eigenvalue weighted by molar-refractivity contribution is 5.91. The molecule has 0 amide bonds. The van der Waals surface area contributed by atoms with Crippen LogP contribution in [0.25, 0.3) is 0 Å². The summed E-state index contributed by atoms with van der Waals surface area (Å²) in [6.07, 6.45) is 8.90. The van der Waals surface area contributed by atoms with Crippen LogP contribution in [0, 0.1) is 46.8 Å². The average Bonchev–Trinajstić information content (AvgIpc) is 2.76. The van der Waals surface area contributed by atoms with Crippen LogP contribution in [-0.4, -0.2) is 17.5 Å². The first kappa shape index (κ1) is 15.9. The lowest BCUT2D eigenvalue weighted by Gasteiger charge is -2.56. The lowest BCUT2D eigenvalue weighted by molar-refractivity contribution is -0.116. The summed E-state index contributed by atoms with van der Waals surface area (Å²) in [5.74, 6) is 5.27. The molecule has 2 heteroatoms. The fourth-order valence-corrected chi connectivity index (χ4v) is 7.45. The van der Waals surface area contributed by atoms with Gasteiger partial charge in [0.15, 0.2) is 5.78 Å². The number of fused-ring (bicyclic) bond motifs is 5. The molecule has 2 nitrogen and oxygen atoms in total. The average molecular weight is 316 g/mol. The van der Waals surface area contributed by atoms with Crippen molar-refractivity contribution in [1.29, 1.82) is 0 Å². The van der Waals surface area contributed by atoms with Gasteiger partial charge in [0.2, 0.25) is 0 Å². The molecule has 0 saturated heterocycles. The van der Waals surface area contributed by atoms with E-state index in [1.165, 1.54) is 24.8 Å². The molecule has 4 rings (SSSR count). The number of hydrogen-bond donors (Lipinski definition) is 1. The minimum atomic E-state index is 0.343. The fraction of sp³-hybridized carbons (Fsp3) is 0.857. The van der Waals surface area contributed by atoms with Crippen molar-refractivity contribution in [2.24, 2.45) is 46.8 Å². The summed E-state index contributed by atoms with van der Waals surface area (Å²) >= 11 is 0. The molecule has 0 bridgehead atoms. The molecule has 0 unspecified atom stereocenters. The normalized spacial score (nSPS) is 52.4. The molecule has 0 heterocycles. The van der Waals surface area contributed by atoms with Gasteiger partial charge in [-0.2, -0.15) is 0 Å². The molecule has 4 aliphatic carbocycles. The maximum Gasteiger partial charge on any atom is 0.155 e. The highest BCUT2D eigenvalue weighted by Gasteiger charge is 2.59. The Morgan fingerprint density at radius 2 is 2.04 bits per heavy atom. The number of hydrogen-bond acceptors (Lipinski definition) is 2. The molecule has 4 aliphatic rings. The van der Waals surface area contributed by atoms with Crippen molar-refractivity contribution in [1.82, 2.24) is 0 Å². The van der Waals surface area contributed by atoms with Gasteiger partial charge in [-0.15, -0.1) is 0 Å². The van der Waals surface area contributed by atoms with E-state index in [0.29, 0.717) is 41.5 Å². The number of ketones is 1. The first-order valence-corrected chi connectivity index (χ1v) is 9.80. The van der Waals surface area contributed by atoms with Gasteiger partial charge in [-0.25, -0.2) is 0 Å². The molecule has 3 fully saturated rings. The summed E-state index contributed by atoms with van der Waals surface area (Å²) in [7, 11) is 0. The van der Waals surface area contributed by atoms with Crippen LogP contribution in [0.2, 0.25) is 0 Å². The van der Waals surface area contributed by atoms with Crippen LogP contribution in [0.1, 0.15) is 59.3 Å². The number of aliphatic hydroxyl groups excluding tert-OH is 1. The second kappa shape index (κ2) is 5.44. The minimum Gasteiger partial charge on any atom is -0.396 e. The number of aliphatic hydroxyl groups is 1. The number of carbonyl (C=O) groups excluding carboxylic acids is 1. The predicted octanol–water partition coefficient (Wildman–Crippen LogP) is 4.23. The van der Waals surface area contributed by atoms with Crippen molar-refractivity contribution >= 4 is 5.78 Å². The lowest BCUT2D eigenvalue weighted by atomic mass is 9.49. The van der Waals surface area contributed by atoms with E-state index >= 15 is 0 Å². The fourth-order valence-electron chi connectivity index (χ4n) is 7.45. The van der Waals surface area contributed by atoms with Gasteiger partial charge >= 0.3 is 0 Å². The van der Waals surface area contributed by atoms with E-state index in [-0.39, 0.29) is 0 Å². The van der Waals surface area contributed by atoms with Crippen molar-refractivity contribution in [3.63, 3.8) is 0 Å². The van der Waals surface area contributed by atoms with Crippen molar-refractivity contribution in [2.45, 2.75) is 59.3 Å². The Bertz CT molecular complexity index is 536. The molecule has 8 atom stereocenters. The topological polar surface area (TPSA) is 37.3 Å². The minimum absolute atomic E-state index is 0.343. The Labute approximate surface area is 140 Å². The zero-order valence-electron chi connectivity index (χ0n) is 14.9. The smallest absolute Gasteiger partial charge is 0.155 e. The summed E-state index contributed by atoms with van der Waals surface area (Å²) in [5, 5.41) is 9.97. The van der Waals surface area contributed by atoms with Gasteiger partial charge in [-0.05, 0) is 85.0 Å². The van der Waals surface area contributed by atoms with Crippen LogP contribution in [0.4, 0.5) is 0 Å². The van der Waals surface area contributed by atoms with Gasteiger partial charge in [0.1, 0.15) is 0 Å². The quantitative estimate of drug-likeness (QED) is 0.786. The van der Waals surface area contributed by atoms with Crippen LogP contribution in [0.5, 0.6) is 0 Å². The molecule has 0 spiro atoms. The third-order valence-corrected chi connectivity index (χ3v) is 8.43. The van der Waals surface area contributed by atoms with E-state index in [1.54, 1.807) is 0 Å². The van der Waals surface area contributed by atoms with Crippen molar-refractivity contribution in [3.05, 3.63) is 11.6 Å². The Kier molecular flexibility index (Phi) is 3.75. The molecular formula is C21H32O2. The lowest BCUT2D eigenvalue weighted by Crippen LogP contribution is -2.49. The van der Waals surface area contributed by atoms with Gasteiger partial charge in [0.05, 0.1) is 0 Å². The molecule has 0 aromatic heterocycles. The molecule has 0 aliphatic heterocycles. The summed E-state index contributed by atoms with van der Waals surface area (Å²) in [6, 6.07) is 0. The summed E-state index contributed by atoms with van der Waals surface area (Å²) < 4.78 is 0. The number of rotatable bonds is 1. The Morgan fingerprint density at radius 3 is 2.78 bits per heavy atom. The maximum atomic E-state index is 11.8. The first-order chi connectivity index (χ1) is 11.0. The van der Waals surface area contributed by atoms with Crippen molar-refractivity contribution < 1.29 is 9.90 Å². The summed E-state index contributed by atoms with van der Waals surface area (Å²) in [5.41, 5.74) is 1.82. The second-order valence-electron chi connectivity index (χ2n) is 9.41. The van der Waals surface area contributed by atoms with Crippen LogP contribution in [0.15, 0.2) is 11.6 Å². The Morgan fingerprint density at radius 1 is 1.26 bits per heavy atom. The highest BCUT2D eigenvalue weighted by Crippen LogP contribution is 2.65. The van der Waals surface area contributed by atoms with Crippen LogP contribution in [-0.2, 0) is 4.79 Å². The standard InChI is InChI=1S/C21H32O2/c1-12-9-18-20-13(2)8-14-10-15(23)4-5-16(14)17(20)6-7-21(18,3)19(12)11-22/h10,12-13,16-20,22H,4-9,11H2,1-3H3/t12-,13+,16-,17+,18+,19+,20+,21-/m0/s1. The number of carbonyl (C=O) groups is 1. The molecule has 23 heavy (non-hydrogen) atoms. The van der Waals surface area contributed by atoms with Crippen LogP contribution < -0.4 is 0 Å². The first-order valence-electron chi connectivity index (χ1n) is 9.80. The molecule has 128 valence electrons.